The highest BCUT2D eigenvalue weighted by molar-refractivity contribution is 6.09. The minimum absolute atomic E-state index is 0.0811. The van der Waals surface area contributed by atoms with Crippen molar-refractivity contribution in [2.24, 2.45) is 0 Å². The molecule has 2 aromatic carbocycles. The molecule has 0 radical (unpaired) electrons. The van der Waals surface area contributed by atoms with E-state index < -0.39 is 35.1 Å². The maximum Gasteiger partial charge on any atom is 0.339 e. The maximum atomic E-state index is 14.2. The van der Waals surface area contributed by atoms with Gasteiger partial charge < -0.3 is 30.1 Å². The molecule has 3 saturated heterocycles. The van der Waals surface area contributed by atoms with Crippen molar-refractivity contribution in [3.63, 3.8) is 0 Å². The van der Waals surface area contributed by atoms with Crippen LogP contribution in [0.4, 0.5) is 0 Å². The van der Waals surface area contributed by atoms with E-state index in [-0.39, 0.29) is 45.5 Å². The lowest BCUT2D eigenvalue weighted by atomic mass is 9.95. The third-order valence-corrected chi connectivity index (χ3v) is 11.4. The van der Waals surface area contributed by atoms with Crippen LogP contribution in [0, 0.1) is 0 Å². The van der Waals surface area contributed by atoms with Gasteiger partial charge in [0.2, 0.25) is 0 Å². The summed E-state index contributed by atoms with van der Waals surface area (Å²) in [5.74, 6) is -1.56. The smallest absolute Gasteiger partial charge is 0.339 e. The molecule has 5 rings (SSSR count). The highest BCUT2D eigenvalue weighted by Crippen LogP contribution is 2.37. The van der Waals surface area contributed by atoms with E-state index in [4.69, 9.17) is 14.2 Å². The number of nitrogens with zero attached hydrogens (tertiary/aromatic N) is 1. The summed E-state index contributed by atoms with van der Waals surface area (Å²) in [7, 11) is 0. The molecule has 3 aliphatic heterocycles. The molecule has 10 nitrogen and oxygen atoms in total. The van der Waals surface area contributed by atoms with Gasteiger partial charge in [-0.3, -0.25) is 0 Å². The highest BCUT2D eigenvalue weighted by atomic mass is 16.6. The number of ether oxygens (including phenoxy) is 3. The monoisotopic (exact) mass is 735 g/mol. The Hall–Kier alpha value is -3.05. The van der Waals surface area contributed by atoms with E-state index in [9.17, 15) is 19.6 Å². The molecule has 0 bridgehead atoms. The van der Waals surface area contributed by atoms with Crippen LogP contribution in [0.3, 0.4) is 0 Å². The van der Waals surface area contributed by atoms with Gasteiger partial charge >= 0.3 is 17.9 Å². The van der Waals surface area contributed by atoms with Crippen LogP contribution >= 0.6 is 0 Å². The first-order valence-corrected chi connectivity index (χ1v) is 19.5. The van der Waals surface area contributed by atoms with Gasteiger partial charge in [-0.2, -0.15) is 5.06 Å². The second-order valence-corrected chi connectivity index (χ2v) is 20.0. The molecule has 2 aromatic rings. The highest BCUT2D eigenvalue weighted by Gasteiger charge is 2.43. The molecule has 3 atom stereocenters. The van der Waals surface area contributed by atoms with Crippen LogP contribution in [0.5, 0.6) is 0 Å². The van der Waals surface area contributed by atoms with Gasteiger partial charge in [-0.05, 0) is 157 Å². The molecule has 0 saturated carbocycles. The number of hydrogen-bond donors (Lipinski definition) is 3. The van der Waals surface area contributed by atoms with Crippen LogP contribution < -0.4 is 10.6 Å². The fourth-order valence-corrected chi connectivity index (χ4v) is 9.36. The molecule has 53 heavy (non-hydrogen) atoms. The average Bonchev–Trinajstić information content (AvgIpc) is 3.24. The second kappa shape index (κ2) is 14.5. The normalized spacial score (nSPS) is 27.8. The van der Waals surface area contributed by atoms with E-state index in [1.807, 2.05) is 27.7 Å². The van der Waals surface area contributed by atoms with Crippen LogP contribution in [0.2, 0.25) is 0 Å². The molecule has 294 valence electrons. The summed E-state index contributed by atoms with van der Waals surface area (Å²) in [5.41, 5.74) is -1.04. The lowest BCUT2D eigenvalue weighted by Gasteiger charge is -2.42. The third kappa shape index (κ3) is 10.2. The van der Waals surface area contributed by atoms with Gasteiger partial charge in [-0.25, -0.2) is 14.4 Å². The van der Waals surface area contributed by atoms with Crippen molar-refractivity contribution in [1.82, 2.24) is 15.7 Å². The topological polar surface area (TPSA) is 126 Å². The molecule has 0 aliphatic carbocycles. The van der Waals surface area contributed by atoms with Gasteiger partial charge in [-0.1, -0.05) is 6.07 Å². The second-order valence-electron chi connectivity index (χ2n) is 20.0. The molecule has 3 aliphatic rings. The third-order valence-electron chi connectivity index (χ3n) is 11.4. The molecule has 3 heterocycles. The number of carbonyl (C=O) groups excluding carboxylic acids is 3. The van der Waals surface area contributed by atoms with Gasteiger partial charge in [0.25, 0.3) is 0 Å². The van der Waals surface area contributed by atoms with Crippen molar-refractivity contribution in [3.8, 4) is 0 Å². The first-order valence-electron chi connectivity index (χ1n) is 19.5. The first-order chi connectivity index (χ1) is 24.3. The molecule has 0 amide bonds. The van der Waals surface area contributed by atoms with E-state index in [0.717, 1.165) is 19.3 Å². The summed E-state index contributed by atoms with van der Waals surface area (Å²) < 4.78 is 18.5. The van der Waals surface area contributed by atoms with E-state index in [2.05, 4.69) is 66.0 Å². The zero-order valence-electron chi connectivity index (χ0n) is 34.3. The van der Waals surface area contributed by atoms with E-state index in [1.165, 1.54) is 11.1 Å². The summed E-state index contributed by atoms with van der Waals surface area (Å²) in [6.07, 6.45) is 5.02. The van der Waals surface area contributed by atoms with E-state index >= 15 is 0 Å². The molecule has 0 spiro atoms. The number of hydrogen-bond acceptors (Lipinski definition) is 10. The molecular formula is C43H65N3O7. The van der Waals surface area contributed by atoms with Crippen LogP contribution in [-0.4, -0.2) is 79.7 Å². The van der Waals surface area contributed by atoms with Crippen molar-refractivity contribution >= 4 is 28.7 Å². The van der Waals surface area contributed by atoms with Crippen LogP contribution in [0.15, 0.2) is 30.3 Å². The fourth-order valence-electron chi connectivity index (χ4n) is 9.36. The van der Waals surface area contributed by atoms with Gasteiger partial charge in [0.1, 0.15) is 18.3 Å². The number of nitrogens with one attached hydrogen (secondary N) is 2. The summed E-state index contributed by atoms with van der Waals surface area (Å²) >= 11 is 0. The van der Waals surface area contributed by atoms with Crippen molar-refractivity contribution in [2.45, 2.75) is 192 Å². The van der Waals surface area contributed by atoms with Gasteiger partial charge in [0.05, 0.1) is 16.7 Å². The lowest BCUT2D eigenvalue weighted by molar-refractivity contribution is -0.222. The molecule has 3 fully saturated rings. The standard InChI is InChI=1S/C43H65N3O7/c1-38(2)18-15-30(24-40(5,6)44-38)51-35(47)28-14-13-27-21-29(36(48)52-32-17-20-42(9,10)46(50)43(11,12)26-32)23-34(33(27)22-28)37(49)53-31-16-19-39(3,4)45-41(7,8)25-31/h13-14,21-23,30-32,44-45,50H,15-20,24-26H2,1-12H3. The predicted octanol–water partition coefficient (Wildman–Crippen LogP) is 8.51. The van der Waals surface area contributed by atoms with Crippen LogP contribution in [0.25, 0.3) is 10.8 Å². The Bertz CT molecular complexity index is 1710. The van der Waals surface area contributed by atoms with Crippen molar-refractivity contribution in [2.75, 3.05) is 0 Å². The Balaban J connectivity index is 1.46. The summed E-state index contributed by atoms with van der Waals surface area (Å²) in [5, 5.41) is 20.8. The Morgan fingerprint density at radius 2 is 1.06 bits per heavy atom. The summed E-state index contributed by atoms with van der Waals surface area (Å²) in [4.78, 5) is 41.8. The summed E-state index contributed by atoms with van der Waals surface area (Å²) in [6, 6.07) is 8.37. The number of rotatable bonds is 6. The van der Waals surface area contributed by atoms with E-state index in [1.54, 1.807) is 24.3 Å². The van der Waals surface area contributed by atoms with Gasteiger partial charge in [0.15, 0.2) is 0 Å². The molecule has 3 N–H and O–H groups in total. The van der Waals surface area contributed by atoms with Crippen LogP contribution in [0.1, 0.15) is 172 Å². The Morgan fingerprint density at radius 1 is 0.585 bits per heavy atom. The number of hydroxylamine groups is 2. The largest absolute Gasteiger partial charge is 0.459 e. The zero-order valence-corrected chi connectivity index (χ0v) is 34.3. The van der Waals surface area contributed by atoms with Crippen LogP contribution in [-0.2, 0) is 14.2 Å². The zero-order chi connectivity index (χ0) is 39.4. The number of fused-ring (bicyclic) bond motifs is 1. The molecule has 3 unspecified atom stereocenters. The Labute approximate surface area is 317 Å². The average molecular weight is 736 g/mol. The van der Waals surface area contributed by atoms with Gasteiger partial charge in [-0.15, -0.1) is 0 Å². The molecule has 0 aromatic heterocycles. The number of carbonyl (C=O) groups is 3. The SMILES string of the molecule is CC1(C)CCC(OC(=O)c2ccc3cc(C(=O)OC4CCC(C)(C)N(O)C(C)(C)C4)cc(C(=O)OC4CCC(C)(C)NC(C)(C)C4)c3c2)CC(C)(C)N1. The summed E-state index contributed by atoms with van der Waals surface area (Å²) in [6.45, 7) is 25.0. The molecular weight excluding hydrogens is 670 g/mol. The van der Waals surface area contributed by atoms with Crippen molar-refractivity contribution < 1.29 is 33.8 Å². The van der Waals surface area contributed by atoms with Gasteiger partial charge in [0, 0.05) is 52.5 Å². The van der Waals surface area contributed by atoms with E-state index in [0.29, 0.717) is 54.9 Å². The minimum Gasteiger partial charge on any atom is -0.459 e. The fraction of sp³-hybridized carbons (Fsp3) is 0.698. The number of esters is 3. The Kier molecular flexibility index (Phi) is 11.3. The number of benzene rings is 2. The maximum absolute atomic E-state index is 14.2. The molecule has 10 heteroatoms. The quantitative estimate of drug-likeness (QED) is 0.196. The first kappa shape index (κ1) is 41.1. The lowest BCUT2D eigenvalue weighted by Crippen LogP contribution is -2.52. The predicted molar refractivity (Wildman–Crippen MR) is 207 cm³/mol. The van der Waals surface area contributed by atoms with Crippen molar-refractivity contribution in [1.29, 1.82) is 0 Å². The van der Waals surface area contributed by atoms with Crippen molar-refractivity contribution in [3.05, 3.63) is 47.0 Å². The Morgan fingerprint density at radius 3 is 1.60 bits per heavy atom. The minimum atomic E-state index is -0.622.